The number of rotatable bonds is 28. The van der Waals surface area contributed by atoms with Gasteiger partial charge in [0.05, 0.1) is 22.3 Å². The Bertz CT molecular complexity index is 6130. The van der Waals surface area contributed by atoms with Crippen molar-refractivity contribution in [2.75, 3.05) is 26.2 Å². The summed E-state index contributed by atoms with van der Waals surface area (Å²) in [6, 6.07) is 46.5. The van der Waals surface area contributed by atoms with Crippen LogP contribution in [0.1, 0.15) is 172 Å². The van der Waals surface area contributed by atoms with Crippen molar-refractivity contribution in [3.63, 3.8) is 0 Å². The Kier molecular flexibility index (Phi) is 21.1. The van der Waals surface area contributed by atoms with E-state index in [1.54, 1.807) is 97.1 Å². The molecule has 0 saturated heterocycles. The third-order valence-corrected chi connectivity index (χ3v) is 23.4. The molecular weight excluding hydrogens is 1610 g/mol. The summed E-state index contributed by atoms with van der Waals surface area (Å²) < 4.78 is 0. The molecule has 0 unspecified atom stereocenters. The zero-order valence-electron chi connectivity index (χ0n) is 65.1. The van der Waals surface area contributed by atoms with E-state index in [2.05, 4.69) is 0 Å². The highest BCUT2D eigenvalue weighted by atomic mass is 16.4. The number of carboxylic acid groups (broad SMARTS) is 8. The maximum atomic E-state index is 15.7. The van der Waals surface area contributed by atoms with Crippen LogP contribution in [-0.4, -0.2) is 182 Å². The largest absolute Gasteiger partial charge is 0.478 e. The number of carbonyl (C=O) groups is 16. The molecule has 0 atom stereocenters. The van der Waals surface area contributed by atoms with Crippen LogP contribution in [0.15, 0.2) is 218 Å². The molecule has 28 nitrogen and oxygen atoms in total. The third-order valence-electron chi connectivity index (χ3n) is 23.4. The molecule has 0 spiro atoms. The lowest BCUT2D eigenvalue weighted by molar-refractivity contribution is -0.132. The monoisotopic (exact) mass is 1670 g/mol. The van der Waals surface area contributed by atoms with Crippen molar-refractivity contribution in [3.8, 4) is 44.5 Å². The van der Waals surface area contributed by atoms with E-state index in [-0.39, 0.29) is 132 Å². The van der Waals surface area contributed by atoms with Gasteiger partial charge in [0.25, 0.3) is 47.3 Å². The Morgan fingerprint density at radius 2 is 0.376 bits per heavy atom. The normalized spacial score (nSPS) is 14.2. The first-order chi connectivity index (χ1) is 59.9. The SMILES string of the molecule is O=C(O)C=Cc1ccc(-c2ccc3c4c(ccc(C(=O)O)c24)C(=O)N(CCC(CCN2C(=O)c4ccc(C(=O)O)c5c(-c6ccc(C=CC(=O)O)cc6)ccc(c45)C2=O)(CCN2C(=O)c4ccc(C(=O)O)c5c(-c6ccc(C=CC(=O)O)cc6)ccc(c45)C2=O)CCN2C(=O)c4ccc(C(=O)O)c5c(-c6ccc(C=CC(=O)O)cc6)ccc(c45)C2=O)C3=O)cc1. The summed E-state index contributed by atoms with van der Waals surface area (Å²) >= 11 is 0. The number of benzene rings is 12. The first kappa shape index (κ1) is 81.7. The summed E-state index contributed by atoms with van der Waals surface area (Å²) in [6.07, 6.45) is 7.21. The lowest BCUT2D eigenvalue weighted by Gasteiger charge is -2.41. The Morgan fingerprint density at radius 1 is 0.216 bits per heavy atom. The molecular formula is C97H64N4O24. The van der Waals surface area contributed by atoms with Crippen molar-refractivity contribution in [3.05, 3.63) is 307 Å². The zero-order valence-corrected chi connectivity index (χ0v) is 65.1. The minimum Gasteiger partial charge on any atom is -0.478 e. The highest BCUT2D eigenvalue weighted by molar-refractivity contribution is 6.33. The summed E-state index contributed by atoms with van der Waals surface area (Å²) in [5.74, 6) is -18.3. The van der Waals surface area contributed by atoms with Crippen molar-refractivity contribution in [2.24, 2.45) is 5.41 Å². The van der Waals surface area contributed by atoms with E-state index < -0.39 is 152 Å². The number of amides is 8. The number of aliphatic carboxylic acids is 4. The van der Waals surface area contributed by atoms with Gasteiger partial charge >= 0.3 is 47.8 Å². The smallest absolute Gasteiger partial charge is 0.336 e. The molecule has 8 amide bonds. The molecule has 16 rings (SSSR count). The number of aromatic carboxylic acids is 4. The molecule has 0 radical (unpaired) electrons. The van der Waals surface area contributed by atoms with Gasteiger partial charge in [-0.3, -0.25) is 58.0 Å². The van der Waals surface area contributed by atoms with E-state index in [0.29, 0.717) is 44.5 Å². The molecule has 0 fully saturated rings. The number of carbonyl (C=O) groups excluding carboxylic acids is 8. The third kappa shape index (κ3) is 14.7. The van der Waals surface area contributed by atoms with Crippen LogP contribution in [0.25, 0.3) is 112 Å². The summed E-state index contributed by atoms with van der Waals surface area (Å²) in [6.45, 7) is -2.51. The van der Waals surface area contributed by atoms with Crippen LogP contribution < -0.4 is 0 Å². The fourth-order valence-corrected chi connectivity index (χ4v) is 17.3. The Labute approximate surface area is 705 Å². The molecule has 0 saturated carbocycles. The van der Waals surface area contributed by atoms with Crippen LogP contribution in [-0.2, 0) is 19.2 Å². The van der Waals surface area contributed by atoms with Gasteiger partial charge < -0.3 is 40.9 Å². The Balaban J connectivity index is 0.831. The van der Waals surface area contributed by atoms with E-state index in [1.165, 1.54) is 121 Å². The van der Waals surface area contributed by atoms with Gasteiger partial charge in [0, 0.05) is 138 Å². The average molecular weight is 1670 g/mol. The van der Waals surface area contributed by atoms with Gasteiger partial charge in [-0.2, -0.15) is 0 Å². The fourth-order valence-electron chi connectivity index (χ4n) is 17.3. The maximum Gasteiger partial charge on any atom is 0.336 e. The quantitative estimate of drug-likeness (QED) is 0.0167. The second-order valence-corrected chi connectivity index (χ2v) is 30.2. The number of hydrogen-bond acceptors (Lipinski definition) is 16. The molecule has 12 aromatic carbocycles. The van der Waals surface area contributed by atoms with Gasteiger partial charge in [0.2, 0.25) is 0 Å². The Hall–Kier alpha value is -17.0. The van der Waals surface area contributed by atoms with Crippen LogP contribution in [0.4, 0.5) is 0 Å². The van der Waals surface area contributed by atoms with Gasteiger partial charge in [-0.1, -0.05) is 121 Å². The number of nitrogens with zero attached hydrogens (tertiary/aromatic N) is 4. The van der Waals surface area contributed by atoms with Gasteiger partial charge in [-0.25, -0.2) is 38.4 Å². The molecule has 12 aromatic rings. The van der Waals surface area contributed by atoms with Crippen molar-refractivity contribution < 1.29 is 118 Å². The van der Waals surface area contributed by atoms with E-state index in [0.717, 1.165) is 43.9 Å². The van der Waals surface area contributed by atoms with Gasteiger partial charge in [-0.15, -0.1) is 0 Å². The summed E-state index contributed by atoms with van der Waals surface area (Å²) in [4.78, 5) is 228. The second-order valence-electron chi connectivity index (χ2n) is 30.2. The molecule has 616 valence electrons. The molecule has 4 heterocycles. The van der Waals surface area contributed by atoms with Crippen LogP contribution in [0, 0.1) is 5.41 Å². The van der Waals surface area contributed by atoms with Crippen molar-refractivity contribution in [2.45, 2.75) is 25.7 Å². The molecule has 4 aliphatic heterocycles. The molecule has 125 heavy (non-hydrogen) atoms. The molecule has 0 bridgehead atoms. The van der Waals surface area contributed by atoms with E-state index in [1.807, 2.05) is 0 Å². The topological polar surface area (TPSA) is 448 Å². The van der Waals surface area contributed by atoms with Crippen LogP contribution in [0.2, 0.25) is 0 Å². The standard InChI is InChI=1S/C97H64N4O24/c102-73(103)37-9-49-1-13-53(14-2-49)57-21-25-61-81-65(29-33-69(77(57)81)93(118)119)89(114)98(85(61)110)45-41-97(42-46-99-86(111)62-26-22-58(54-15-3-50(4-16-54)10-38-74(104)105)78-70(94(120)121)34-30-66(82(62)78)90(99)115,43-47-100-87(112)63-27-23-59(55-17-5-51(6-18-55)11-39-75(106)107)79-71(95(122)123)35-31-67(83(63)79)91(100)116)44-48-101-88(113)64-28-24-60(56-19-7-52(8-20-56)12-40-76(108)109)80-72(96(124)125)36-32-68(84(64)80)92(101)117/h1-40H,41-48H2,(H,102,103)(H,104,105)(H,106,107)(H,108,109)(H,118,119)(H,120,121)(H,122,123)(H,124,125). The van der Waals surface area contributed by atoms with Gasteiger partial charge in [-0.05, 0) is 195 Å². The minimum absolute atomic E-state index is 0.0171. The van der Waals surface area contributed by atoms with E-state index in [4.69, 9.17) is 0 Å². The molecule has 0 aromatic heterocycles. The number of carboxylic acids is 8. The first-order valence-electron chi connectivity index (χ1n) is 38.7. The van der Waals surface area contributed by atoms with E-state index >= 15 is 38.4 Å². The fraction of sp³-hybridized carbons (Fsp3) is 0.0928. The minimum atomic E-state index is -1.78. The van der Waals surface area contributed by atoms with Crippen LogP contribution in [0.5, 0.6) is 0 Å². The molecule has 28 heteroatoms. The van der Waals surface area contributed by atoms with Crippen molar-refractivity contribution in [1.82, 2.24) is 19.6 Å². The number of hydrogen-bond donors (Lipinski definition) is 8. The highest BCUT2D eigenvalue weighted by Crippen LogP contribution is 2.48. The van der Waals surface area contributed by atoms with Gasteiger partial charge in [0.15, 0.2) is 0 Å². The van der Waals surface area contributed by atoms with Crippen LogP contribution >= 0.6 is 0 Å². The van der Waals surface area contributed by atoms with Crippen molar-refractivity contribution in [1.29, 1.82) is 0 Å². The summed E-state index contributed by atoms with van der Waals surface area (Å²) in [5.41, 5.74) is 0.242. The average Bonchev–Trinajstić information content (AvgIpc) is 0.739. The second kappa shape index (κ2) is 32.3. The lowest BCUT2D eigenvalue weighted by Crippen LogP contribution is -2.48. The Morgan fingerprint density at radius 3 is 0.536 bits per heavy atom. The summed E-state index contributed by atoms with van der Waals surface area (Å²) in [5, 5.41) is 80.2. The van der Waals surface area contributed by atoms with E-state index in [9.17, 15) is 79.2 Å². The van der Waals surface area contributed by atoms with Crippen LogP contribution in [0.3, 0.4) is 0 Å². The predicted molar refractivity (Wildman–Crippen MR) is 454 cm³/mol. The highest BCUT2D eigenvalue weighted by Gasteiger charge is 2.45. The predicted octanol–water partition coefficient (Wildman–Crippen LogP) is 15.2. The molecule has 4 aliphatic rings. The molecule has 0 aliphatic carbocycles. The first-order valence-corrected chi connectivity index (χ1v) is 38.7. The van der Waals surface area contributed by atoms with Gasteiger partial charge in [0.1, 0.15) is 0 Å². The van der Waals surface area contributed by atoms with Crippen molar-refractivity contribution >= 4 is 162 Å². The summed E-state index contributed by atoms with van der Waals surface area (Å²) in [7, 11) is 0. The zero-order chi connectivity index (χ0) is 88.5. The number of imide groups is 4. The molecule has 8 N–H and O–H groups in total. The lowest BCUT2D eigenvalue weighted by atomic mass is 9.73. The maximum absolute atomic E-state index is 15.7.